The molecule has 0 bridgehead atoms. The first-order valence-electron chi connectivity index (χ1n) is 6.81. The molecular weight excluding hydrogens is 256 g/mol. The smallest absolute Gasteiger partial charge is 0.203 e. The fraction of sp³-hybridized carbons (Fsp3) is 0.438. The lowest BCUT2D eigenvalue weighted by molar-refractivity contribution is 0.103. The van der Waals surface area contributed by atoms with Crippen molar-refractivity contribution in [1.82, 2.24) is 0 Å². The Morgan fingerprint density at radius 3 is 1.80 bits per heavy atom. The van der Waals surface area contributed by atoms with Crippen molar-refractivity contribution in [3.8, 4) is 17.2 Å². The minimum Gasteiger partial charge on any atom is -0.490 e. The molecule has 0 aliphatic heterocycles. The van der Waals surface area contributed by atoms with E-state index in [9.17, 15) is 4.79 Å². The summed E-state index contributed by atoms with van der Waals surface area (Å²) < 4.78 is 16.7. The molecule has 0 N–H and O–H groups in total. The van der Waals surface area contributed by atoms with Crippen LogP contribution in [0, 0.1) is 0 Å². The third-order valence-corrected chi connectivity index (χ3v) is 2.56. The van der Waals surface area contributed by atoms with Crippen molar-refractivity contribution in [1.29, 1.82) is 0 Å². The number of benzene rings is 1. The lowest BCUT2D eigenvalue weighted by atomic mass is 10.0. The zero-order valence-electron chi connectivity index (χ0n) is 12.6. The molecule has 0 heterocycles. The van der Waals surface area contributed by atoms with E-state index in [1.807, 2.05) is 20.8 Å². The van der Waals surface area contributed by atoms with Crippen molar-refractivity contribution in [3.05, 3.63) is 29.8 Å². The molecule has 110 valence electrons. The van der Waals surface area contributed by atoms with E-state index < -0.39 is 0 Å². The maximum Gasteiger partial charge on any atom is 0.203 e. The average molecular weight is 278 g/mol. The number of Topliss-reactive ketones (excluding diaryl/α,β-unsaturated/α-hetero) is 1. The minimum absolute atomic E-state index is 0.130. The molecule has 0 saturated carbocycles. The zero-order chi connectivity index (χ0) is 15.1. The molecule has 0 unspecified atom stereocenters. The van der Waals surface area contributed by atoms with Crippen molar-refractivity contribution in [2.45, 2.75) is 27.7 Å². The van der Waals surface area contributed by atoms with E-state index in [-0.39, 0.29) is 5.78 Å². The molecule has 0 atom stereocenters. The van der Waals surface area contributed by atoms with Gasteiger partial charge in [0.25, 0.3) is 0 Å². The second kappa shape index (κ2) is 7.58. The molecule has 1 aromatic rings. The molecule has 4 heteroatoms. The van der Waals surface area contributed by atoms with Gasteiger partial charge in [0.2, 0.25) is 5.75 Å². The van der Waals surface area contributed by atoms with Crippen LogP contribution in [0.2, 0.25) is 0 Å². The molecule has 1 aromatic carbocycles. The van der Waals surface area contributed by atoms with Gasteiger partial charge in [0.15, 0.2) is 17.3 Å². The molecule has 0 aliphatic rings. The summed E-state index contributed by atoms with van der Waals surface area (Å²) in [5, 5.41) is 0. The van der Waals surface area contributed by atoms with Crippen LogP contribution in [-0.4, -0.2) is 25.6 Å². The van der Waals surface area contributed by atoms with Crippen LogP contribution in [0.15, 0.2) is 24.3 Å². The van der Waals surface area contributed by atoms with Gasteiger partial charge in [0.05, 0.1) is 19.8 Å². The van der Waals surface area contributed by atoms with E-state index in [1.54, 1.807) is 19.1 Å². The summed E-state index contributed by atoms with van der Waals surface area (Å²) in [7, 11) is 0. The van der Waals surface area contributed by atoms with Crippen LogP contribution in [0.3, 0.4) is 0 Å². The molecule has 20 heavy (non-hydrogen) atoms. The second-order valence-electron chi connectivity index (χ2n) is 4.21. The van der Waals surface area contributed by atoms with E-state index in [4.69, 9.17) is 14.2 Å². The molecule has 0 aliphatic carbocycles. The van der Waals surface area contributed by atoms with Crippen LogP contribution in [0.4, 0.5) is 0 Å². The number of carbonyl (C=O) groups excluding carboxylic acids is 1. The third kappa shape index (κ3) is 3.76. The van der Waals surface area contributed by atoms with Gasteiger partial charge in [-0.3, -0.25) is 4.79 Å². The van der Waals surface area contributed by atoms with Crippen molar-refractivity contribution in [3.63, 3.8) is 0 Å². The van der Waals surface area contributed by atoms with Crippen molar-refractivity contribution < 1.29 is 19.0 Å². The van der Waals surface area contributed by atoms with Crippen LogP contribution in [0.1, 0.15) is 38.1 Å². The van der Waals surface area contributed by atoms with Crippen LogP contribution < -0.4 is 14.2 Å². The number of hydrogen-bond donors (Lipinski definition) is 0. The number of ketones is 1. The number of rotatable bonds is 8. The van der Waals surface area contributed by atoms with Gasteiger partial charge in [0, 0.05) is 5.56 Å². The Kier molecular flexibility index (Phi) is 6.10. The Morgan fingerprint density at radius 1 is 1.00 bits per heavy atom. The third-order valence-electron chi connectivity index (χ3n) is 2.56. The monoisotopic (exact) mass is 278 g/mol. The molecule has 0 fully saturated rings. The summed E-state index contributed by atoms with van der Waals surface area (Å²) in [6.45, 7) is 12.5. The predicted molar refractivity (Wildman–Crippen MR) is 79.1 cm³/mol. The Balaban J connectivity index is 3.36. The largest absolute Gasteiger partial charge is 0.490 e. The molecule has 4 nitrogen and oxygen atoms in total. The van der Waals surface area contributed by atoms with Gasteiger partial charge in [0.1, 0.15) is 0 Å². The van der Waals surface area contributed by atoms with Gasteiger partial charge in [-0.2, -0.15) is 0 Å². The van der Waals surface area contributed by atoms with Crippen molar-refractivity contribution >= 4 is 5.78 Å². The van der Waals surface area contributed by atoms with Gasteiger partial charge >= 0.3 is 0 Å². The van der Waals surface area contributed by atoms with Gasteiger partial charge < -0.3 is 14.2 Å². The quantitative estimate of drug-likeness (QED) is 0.538. The Bertz CT molecular complexity index is 464. The number of carbonyl (C=O) groups is 1. The fourth-order valence-electron chi connectivity index (χ4n) is 1.77. The van der Waals surface area contributed by atoms with Gasteiger partial charge in [-0.15, -0.1) is 0 Å². The van der Waals surface area contributed by atoms with Gasteiger partial charge in [-0.1, -0.05) is 6.58 Å². The molecule has 0 amide bonds. The highest BCUT2D eigenvalue weighted by atomic mass is 16.5. The van der Waals surface area contributed by atoms with Crippen LogP contribution in [0.5, 0.6) is 17.2 Å². The van der Waals surface area contributed by atoms with Gasteiger partial charge in [-0.25, -0.2) is 0 Å². The molecule has 0 spiro atoms. The van der Waals surface area contributed by atoms with E-state index in [1.165, 1.54) is 0 Å². The zero-order valence-corrected chi connectivity index (χ0v) is 12.6. The standard InChI is InChI=1S/C16H22O4/c1-6-18-13-9-12(15(17)11(4)5)10-14(19-7-2)16(13)20-8-3/h9-10H,4,6-8H2,1-3,5H3. The normalized spacial score (nSPS) is 10.0. The summed E-state index contributed by atoms with van der Waals surface area (Å²) in [4.78, 5) is 12.1. The fourth-order valence-corrected chi connectivity index (χ4v) is 1.77. The molecule has 0 saturated heterocycles. The minimum atomic E-state index is -0.130. The first-order chi connectivity index (χ1) is 9.54. The Hall–Kier alpha value is -1.97. The SMILES string of the molecule is C=C(C)C(=O)c1cc(OCC)c(OCC)c(OCC)c1. The number of ether oxygens (including phenoxy) is 3. The van der Waals surface area contributed by atoms with Crippen LogP contribution in [0.25, 0.3) is 0 Å². The summed E-state index contributed by atoms with van der Waals surface area (Å²) in [6, 6.07) is 3.35. The van der Waals surface area contributed by atoms with Crippen LogP contribution >= 0.6 is 0 Å². The first-order valence-corrected chi connectivity index (χ1v) is 6.81. The van der Waals surface area contributed by atoms with E-state index in [2.05, 4.69) is 6.58 Å². The lowest BCUT2D eigenvalue weighted by Gasteiger charge is -2.16. The lowest BCUT2D eigenvalue weighted by Crippen LogP contribution is -2.06. The molecule has 0 radical (unpaired) electrons. The number of allylic oxidation sites excluding steroid dienone is 1. The highest BCUT2D eigenvalue weighted by Crippen LogP contribution is 2.39. The van der Waals surface area contributed by atoms with E-state index in [0.29, 0.717) is 48.2 Å². The number of hydrogen-bond acceptors (Lipinski definition) is 4. The van der Waals surface area contributed by atoms with Gasteiger partial charge in [-0.05, 0) is 45.4 Å². The maximum absolute atomic E-state index is 12.1. The van der Waals surface area contributed by atoms with Crippen LogP contribution in [-0.2, 0) is 0 Å². The highest BCUT2D eigenvalue weighted by molar-refractivity contribution is 6.08. The Labute approximate surface area is 120 Å². The Morgan fingerprint density at radius 2 is 1.45 bits per heavy atom. The van der Waals surface area contributed by atoms with E-state index >= 15 is 0 Å². The topological polar surface area (TPSA) is 44.8 Å². The van der Waals surface area contributed by atoms with Crippen molar-refractivity contribution in [2.24, 2.45) is 0 Å². The van der Waals surface area contributed by atoms with E-state index in [0.717, 1.165) is 0 Å². The summed E-state index contributed by atoms with van der Waals surface area (Å²) in [5.74, 6) is 1.44. The second-order valence-corrected chi connectivity index (χ2v) is 4.21. The maximum atomic E-state index is 12.1. The predicted octanol–water partition coefficient (Wildman–Crippen LogP) is 3.64. The molecule has 1 rings (SSSR count). The van der Waals surface area contributed by atoms with Crippen molar-refractivity contribution in [2.75, 3.05) is 19.8 Å². The summed E-state index contributed by atoms with van der Waals surface area (Å²) >= 11 is 0. The highest BCUT2D eigenvalue weighted by Gasteiger charge is 2.18. The first kappa shape index (κ1) is 16.1. The molecular formula is C16H22O4. The summed E-state index contributed by atoms with van der Waals surface area (Å²) in [6.07, 6.45) is 0. The average Bonchev–Trinajstić information content (AvgIpc) is 2.41. The summed E-state index contributed by atoms with van der Waals surface area (Å²) in [5.41, 5.74) is 0.965. The molecule has 0 aromatic heterocycles.